The van der Waals surface area contributed by atoms with Crippen LogP contribution in [0.5, 0.6) is 11.5 Å². The van der Waals surface area contributed by atoms with Crippen LogP contribution in [0.15, 0.2) is 352 Å². The number of ether oxygens (including phenoxy) is 17. The van der Waals surface area contributed by atoms with Crippen molar-refractivity contribution in [1.82, 2.24) is 0 Å². The molecule has 15 rings (SSSR count). The van der Waals surface area contributed by atoms with E-state index >= 15 is 28.8 Å². The van der Waals surface area contributed by atoms with Gasteiger partial charge in [-0.05, 0) is 150 Å². The van der Waals surface area contributed by atoms with Crippen molar-refractivity contribution in [3.05, 3.63) is 419 Å². The molecule has 15 atom stereocenters. The van der Waals surface area contributed by atoms with Gasteiger partial charge in [0.05, 0.1) is 70.9 Å². The molecule has 3 aliphatic rings. The number of carbonyl (C=O) groups is 9. The lowest BCUT2D eigenvalue weighted by molar-refractivity contribution is -0.377. The van der Waals surface area contributed by atoms with Crippen LogP contribution in [0.1, 0.15) is 110 Å². The molecular formula is C102H86O27. The van der Waals surface area contributed by atoms with E-state index in [-0.39, 0.29) is 50.1 Å². The predicted octanol–water partition coefficient (Wildman–Crippen LogP) is 14.2. The summed E-state index contributed by atoms with van der Waals surface area (Å²) in [5.74, 6) is -8.80. The average molecular weight is 1740 g/mol. The smallest absolute Gasteiger partial charge is 0.338 e. The molecule has 3 saturated heterocycles. The summed E-state index contributed by atoms with van der Waals surface area (Å²) in [6.07, 6.45) is -32.4. The highest BCUT2D eigenvalue weighted by atomic mass is 16.8. The van der Waals surface area contributed by atoms with Gasteiger partial charge in [0, 0.05) is 0 Å². The van der Waals surface area contributed by atoms with Crippen LogP contribution in [0.2, 0.25) is 0 Å². The van der Waals surface area contributed by atoms with Crippen LogP contribution in [-0.2, 0) is 76.7 Å². The summed E-state index contributed by atoms with van der Waals surface area (Å²) in [5.41, 5.74) is -0.991. The van der Waals surface area contributed by atoms with E-state index in [1.807, 2.05) is 0 Å². The molecule has 0 unspecified atom stereocenters. The van der Waals surface area contributed by atoms with E-state index in [1.54, 1.807) is 218 Å². The third-order valence-corrected chi connectivity index (χ3v) is 21.6. The van der Waals surface area contributed by atoms with Crippen LogP contribution in [0.4, 0.5) is 0 Å². The van der Waals surface area contributed by atoms with Gasteiger partial charge in [-0.2, -0.15) is 0 Å². The number of benzene rings is 12. The highest BCUT2D eigenvalue weighted by molar-refractivity contribution is 5.94. The summed E-state index contributed by atoms with van der Waals surface area (Å²) in [5, 5.41) is 12.6. The molecular weight excluding hydrogens is 1660 g/mol. The highest BCUT2D eigenvalue weighted by Crippen LogP contribution is 2.45. The molecule has 3 fully saturated rings. The molecule has 0 amide bonds. The standard InChI is InChI=1S/C102H86O27/c1-113-76-57-53-74(54-58-76)102(73-51-31-12-32-52-73,75-55-59-77(114-2)60-56-75)117-63-80-82(122-93(106)67-39-19-6-20-40-67)86(129-101-88(126-97(110)71-47-27-10-28-48-71)85(124-95(108)69-43-23-8-24-44-69)81(121-92(105)66-37-17-5-18-38-66)79(119-101)62-116-91(104)65-35-15-4-16-36-65)89(127-98(111)72-49-29-11-30-50-72)100(120-80)128-83-78(61-115-90(103)64-33-13-3-14-34-64)118-99(112)87(125-96(109)70-45-25-9-26-46-70)84(83)123-94(107)68-41-21-7-22-42-68/h3-60,78-89,99-101,112H,61-63H2,1-2H3/t78-,79-,80-,81-,82+,83-,84+,85+,86+,87+,88-,89-,99+,100+,101+/m1/s1. The summed E-state index contributed by atoms with van der Waals surface area (Å²) < 4.78 is 114. The monoisotopic (exact) mass is 1740 g/mol. The predicted molar refractivity (Wildman–Crippen MR) is 459 cm³/mol. The minimum Gasteiger partial charge on any atom is -0.497 e. The second kappa shape index (κ2) is 42.5. The zero-order valence-electron chi connectivity index (χ0n) is 69.3. The van der Waals surface area contributed by atoms with Crippen LogP contribution in [0.3, 0.4) is 0 Å². The minimum absolute atomic E-state index is 0.0378. The van der Waals surface area contributed by atoms with Gasteiger partial charge in [-0.15, -0.1) is 0 Å². The first-order chi connectivity index (χ1) is 63.0. The fraction of sp³-hybridized carbons (Fsp3) is 0.206. The van der Waals surface area contributed by atoms with E-state index in [0.29, 0.717) is 28.2 Å². The fourth-order valence-electron chi connectivity index (χ4n) is 15.1. The highest BCUT2D eigenvalue weighted by Gasteiger charge is 2.61. The Kier molecular flexibility index (Phi) is 29.3. The number of aliphatic hydroxyl groups is 1. The largest absolute Gasteiger partial charge is 0.497 e. The lowest BCUT2D eigenvalue weighted by Crippen LogP contribution is -2.69. The van der Waals surface area contributed by atoms with Crippen molar-refractivity contribution in [2.24, 2.45) is 0 Å². The molecule has 0 radical (unpaired) electrons. The van der Waals surface area contributed by atoms with Crippen molar-refractivity contribution in [2.45, 2.75) is 97.7 Å². The number of carbonyl (C=O) groups excluding carboxylic acids is 9. The second-order valence-electron chi connectivity index (χ2n) is 29.7. The van der Waals surface area contributed by atoms with Crippen LogP contribution in [0, 0.1) is 0 Å². The zero-order chi connectivity index (χ0) is 89.6. The molecule has 12 aromatic rings. The molecule has 0 spiro atoms. The first-order valence-corrected chi connectivity index (χ1v) is 41.2. The Bertz CT molecular complexity index is 5690. The maximum absolute atomic E-state index is 16.0. The third-order valence-electron chi connectivity index (χ3n) is 21.6. The SMILES string of the molecule is COc1ccc(C(OC[C@H]2O[C@@H](O[C@H]3[C@H](OC(=O)c4ccccc4)[C@H](OC(=O)c4ccccc4)[C@@H](O)O[C@@H]3COC(=O)c3ccccc3)[C@H](OC(=O)c3ccccc3)[C@@H](O[C@@H]3O[C@H](COC(=O)c4ccccc4)[C@@H](OC(=O)c4ccccc4)[C@H](OC(=O)c4ccccc4)[C@H]3OC(=O)c3ccccc3)[C@H]2OC(=O)c2ccccc2)(c2ccccc2)c2ccc(OC)cc2)cc1. The number of esters is 9. The Morgan fingerprint density at radius 1 is 0.248 bits per heavy atom. The Morgan fingerprint density at radius 2 is 0.481 bits per heavy atom. The van der Waals surface area contributed by atoms with Gasteiger partial charge in [-0.3, -0.25) is 0 Å². The van der Waals surface area contributed by atoms with E-state index in [1.165, 1.54) is 148 Å². The number of hydrogen-bond donors (Lipinski definition) is 1. The normalized spacial score (nSPS) is 21.7. The number of aliphatic hydroxyl groups excluding tert-OH is 1. The molecule has 3 heterocycles. The number of hydrogen-bond acceptors (Lipinski definition) is 27. The lowest BCUT2D eigenvalue weighted by atomic mass is 9.80. The molecule has 0 aliphatic carbocycles. The van der Waals surface area contributed by atoms with Gasteiger partial charge in [-0.1, -0.05) is 218 Å². The van der Waals surface area contributed by atoms with E-state index in [4.69, 9.17) is 80.5 Å². The van der Waals surface area contributed by atoms with Gasteiger partial charge in [0.1, 0.15) is 60.8 Å². The molecule has 12 aromatic carbocycles. The van der Waals surface area contributed by atoms with Crippen molar-refractivity contribution in [2.75, 3.05) is 34.0 Å². The summed E-state index contributed by atoms with van der Waals surface area (Å²) in [4.78, 5) is 137. The molecule has 27 heteroatoms. The summed E-state index contributed by atoms with van der Waals surface area (Å²) in [6.45, 7) is -2.62. The minimum atomic E-state index is -2.39. The Balaban J connectivity index is 0.979. The molecule has 656 valence electrons. The van der Waals surface area contributed by atoms with Crippen LogP contribution < -0.4 is 9.47 Å². The van der Waals surface area contributed by atoms with Crippen LogP contribution >= 0.6 is 0 Å². The maximum Gasteiger partial charge on any atom is 0.338 e. The molecule has 0 saturated carbocycles. The van der Waals surface area contributed by atoms with E-state index in [9.17, 15) is 19.5 Å². The fourth-order valence-corrected chi connectivity index (χ4v) is 15.1. The van der Waals surface area contributed by atoms with Gasteiger partial charge < -0.3 is 85.6 Å². The first kappa shape index (κ1) is 89.0. The van der Waals surface area contributed by atoms with Crippen molar-refractivity contribution in [3.63, 3.8) is 0 Å². The molecule has 0 bridgehead atoms. The molecule has 27 nitrogen and oxygen atoms in total. The molecule has 0 aromatic heterocycles. The van der Waals surface area contributed by atoms with E-state index in [2.05, 4.69) is 0 Å². The molecule has 129 heavy (non-hydrogen) atoms. The van der Waals surface area contributed by atoms with E-state index < -0.39 is 171 Å². The first-order valence-electron chi connectivity index (χ1n) is 41.2. The van der Waals surface area contributed by atoms with Gasteiger partial charge in [0.25, 0.3) is 0 Å². The number of methoxy groups -OCH3 is 2. The van der Waals surface area contributed by atoms with E-state index in [0.717, 1.165) is 0 Å². The summed E-state index contributed by atoms with van der Waals surface area (Å²) in [6, 6.07) is 91.2. The number of rotatable bonds is 32. The second-order valence-corrected chi connectivity index (χ2v) is 29.7. The van der Waals surface area contributed by atoms with Gasteiger partial charge >= 0.3 is 53.7 Å². The Hall–Kier alpha value is -14.8. The Labute approximate surface area is 740 Å². The quantitative estimate of drug-likeness (QED) is 0.0232. The Morgan fingerprint density at radius 3 is 0.798 bits per heavy atom. The van der Waals surface area contributed by atoms with Crippen molar-refractivity contribution in [3.8, 4) is 11.5 Å². The lowest BCUT2D eigenvalue weighted by Gasteiger charge is -2.50. The maximum atomic E-state index is 16.0. The molecule has 1 N–H and O–H groups in total. The van der Waals surface area contributed by atoms with Crippen LogP contribution in [0.25, 0.3) is 0 Å². The van der Waals surface area contributed by atoms with Crippen LogP contribution in [-0.4, -0.2) is 185 Å². The summed E-state index contributed by atoms with van der Waals surface area (Å²) >= 11 is 0. The topological polar surface area (TPSA) is 331 Å². The van der Waals surface area contributed by atoms with Crippen molar-refractivity contribution in [1.29, 1.82) is 0 Å². The van der Waals surface area contributed by atoms with Gasteiger partial charge in [-0.25, -0.2) is 43.2 Å². The van der Waals surface area contributed by atoms with Gasteiger partial charge in [0.15, 0.2) is 61.6 Å². The zero-order valence-corrected chi connectivity index (χ0v) is 69.3. The third kappa shape index (κ3) is 21.5. The van der Waals surface area contributed by atoms with Crippen molar-refractivity contribution < 1.29 is 129 Å². The molecule has 3 aliphatic heterocycles. The summed E-state index contributed by atoms with van der Waals surface area (Å²) in [7, 11) is 2.99. The average Bonchev–Trinajstić information content (AvgIpc) is 0.745. The van der Waals surface area contributed by atoms with Gasteiger partial charge in [0.2, 0.25) is 0 Å². The van der Waals surface area contributed by atoms with Crippen molar-refractivity contribution >= 4 is 53.7 Å².